The minimum Gasteiger partial charge on any atom is -0.378 e. The zero-order valence-electron chi connectivity index (χ0n) is 13.0. The number of nitrogens with one attached hydrogen (secondary N) is 1. The number of nitrogens with zero attached hydrogens (tertiary/aromatic N) is 3. The van der Waals surface area contributed by atoms with E-state index < -0.39 is 0 Å². The smallest absolute Gasteiger partial charge is 0.138 e. The normalized spacial score (nSPS) is 24.1. The molecule has 1 fully saturated rings. The van der Waals surface area contributed by atoms with Crippen molar-refractivity contribution in [1.29, 1.82) is 0 Å². The van der Waals surface area contributed by atoms with Gasteiger partial charge < -0.3 is 10.1 Å². The number of hydrogen-bond acceptors (Lipinski definition) is 4. The van der Waals surface area contributed by atoms with Crippen molar-refractivity contribution in [3.05, 3.63) is 12.2 Å². The average molecular weight is 280 g/mol. The number of ether oxygens (including phenoxy) is 1. The standard InChI is InChI=1S/C15H28N4O/c1-4-8-19-15(17-11-18-19)10-13(16-6-3)12-7-9-20-14(12)5-2/h11-14,16H,4-10H2,1-3H3. The Hall–Kier alpha value is -0.940. The van der Waals surface area contributed by atoms with Crippen LogP contribution in [0.1, 0.15) is 45.9 Å². The summed E-state index contributed by atoms with van der Waals surface area (Å²) in [4.78, 5) is 4.45. The van der Waals surface area contributed by atoms with Crippen molar-refractivity contribution < 1.29 is 4.74 Å². The highest BCUT2D eigenvalue weighted by atomic mass is 16.5. The first-order valence-electron chi connectivity index (χ1n) is 8.01. The van der Waals surface area contributed by atoms with E-state index in [9.17, 15) is 0 Å². The molecule has 1 saturated heterocycles. The highest BCUT2D eigenvalue weighted by molar-refractivity contribution is 4.95. The van der Waals surface area contributed by atoms with Crippen molar-refractivity contribution >= 4 is 0 Å². The summed E-state index contributed by atoms with van der Waals surface area (Å²) in [5, 5.41) is 7.97. The van der Waals surface area contributed by atoms with E-state index in [0.717, 1.165) is 51.2 Å². The lowest BCUT2D eigenvalue weighted by atomic mass is 9.89. The molecule has 0 saturated carbocycles. The molecule has 114 valence electrons. The van der Waals surface area contributed by atoms with Crippen molar-refractivity contribution in [3.8, 4) is 0 Å². The van der Waals surface area contributed by atoms with Gasteiger partial charge in [0, 0.05) is 31.5 Å². The van der Waals surface area contributed by atoms with Crippen LogP contribution in [0.3, 0.4) is 0 Å². The van der Waals surface area contributed by atoms with Gasteiger partial charge in [-0.05, 0) is 25.8 Å². The Bertz CT molecular complexity index is 393. The second-order valence-electron chi connectivity index (χ2n) is 5.54. The first-order valence-corrected chi connectivity index (χ1v) is 8.01. The van der Waals surface area contributed by atoms with Gasteiger partial charge in [0.15, 0.2) is 0 Å². The van der Waals surface area contributed by atoms with E-state index >= 15 is 0 Å². The zero-order chi connectivity index (χ0) is 14.4. The fraction of sp³-hybridized carbons (Fsp3) is 0.867. The molecule has 0 aromatic carbocycles. The summed E-state index contributed by atoms with van der Waals surface area (Å²) >= 11 is 0. The van der Waals surface area contributed by atoms with Crippen LogP contribution in [0, 0.1) is 5.92 Å². The summed E-state index contributed by atoms with van der Waals surface area (Å²) in [5.41, 5.74) is 0. The van der Waals surface area contributed by atoms with Crippen LogP contribution in [0.5, 0.6) is 0 Å². The van der Waals surface area contributed by atoms with Crippen molar-refractivity contribution in [2.75, 3.05) is 13.2 Å². The van der Waals surface area contributed by atoms with Gasteiger partial charge in [-0.3, -0.25) is 4.68 Å². The molecule has 1 aromatic heterocycles. The second-order valence-corrected chi connectivity index (χ2v) is 5.54. The minimum atomic E-state index is 0.390. The van der Waals surface area contributed by atoms with Crippen molar-refractivity contribution in [2.24, 2.45) is 5.92 Å². The van der Waals surface area contributed by atoms with Gasteiger partial charge in [0.2, 0.25) is 0 Å². The summed E-state index contributed by atoms with van der Waals surface area (Å²) in [6, 6.07) is 0.437. The Morgan fingerprint density at radius 3 is 3.00 bits per heavy atom. The van der Waals surface area contributed by atoms with Gasteiger partial charge in [0.05, 0.1) is 6.10 Å². The van der Waals surface area contributed by atoms with Gasteiger partial charge in [-0.2, -0.15) is 5.10 Å². The molecule has 5 heteroatoms. The molecule has 1 N–H and O–H groups in total. The maximum absolute atomic E-state index is 5.86. The van der Waals surface area contributed by atoms with Gasteiger partial charge in [0.25, 0.3) is 0 Å². The van der Waals surface area contributed by atoms with E-state index in [4.69, 9.17) is 4.74 Å². The van der Waals surface area contributed by atoms with Crippen molar-refractivity contribution in [2.45, 2.75) is 65.1 Å². The maximum Gasteiger partial charge on any atom is 0.138 e. The topological polar surface area (TPSA) is 52.0 Å². The molecule has 0 amide bonds. The predicted octanol–water partition coefficient (Wildman–Crippen LogP) is 2.02. The average Bonchev–Trinajstić information content (AvgIpc) is 3.08. The predicted molar refractivity (Wildman–Crippen MR) is 79.6 cm³/mol. The highest BCUT2D eigenvalue weighted by Gasteiger charge is 2.33. The molecule has 2 rings (SSSR count). The molecule has 2 heterocycles. The monoisotopic (exact) mass is 280 g/mol. The van der Waals surface area contributed by atoms with E-state index in [1.165, 1.54) is 0 Å². The van der Waals surface area contributed by atoms with E-state index in [-0.39, 0.29) is 0 Å². The third-order valence-corrected chi connectivity index (χ3v) is 4.18. The summed E-state index contributed by atoms with van der Waals surface area (Å²) in [6.45, 7) is 9.38. The van der Waals surface area contributed by atoms with Gasteiger partial charge in [0.1, 0.15) is 12.2 Å². The number of hydrogen-bond donors (Lipinski definition) is 1. The van der Waals surface area contributed by atoms with Gasteiger partial charge in [-0.25, -0.2) is 4.98 Å². The van der Waals surface area contributed by atoms with Crippen LogP contribution in [0.25, 0.3) is 0 Å². The van der Waals surface area contributed by atoms with Crippen LogP contribution in [-0.2, 0) is 17.7 Å². The molecule has 0 bridgehead atoms. The van der Waals surface area contributed by atoms with Crippen LogP contribution in [0.2, 0.25) is 0 Å². The molecular weight excluding hydrogens is 252 g/mol. The molecule has 0 radical (unpaired) electrons. The van der Waals surface area contributed by atoms with Crippen molar-refractivity contribution in [3.63, 3.8) is 0 Å². The first kappa shape index (κ1) is 15.4. The Kier molecular flexibility index (Phi) is 5.98. The highest BCUT2D eigenvalue weighted by Crippen LogP contribution is 2.28. The largest absolute Gasteiger partial charge is 0.378 e. The number of aryl methyl sites for hydroxylation is 1. The third kappa shape index (κ3) is 3.58. The molecule has 0 spiro atoms. The molecule has 5 nitrogen and oxygen atoms in total. The lowest BCUT2D eigenvalue weighted by Crippen LogP contribution is -2.42. The molecular formula is C15H28N4O. The van der Waals surface area contributed by atoms with Crippen LogP contribution in [0.4, 0.5) is 0 Å². The Morgan fingerprint density at radius 1 is 1.45 bits per heavy atom. The summed E-state index contributed by atoms with van der Waals surface area (Å²) in [5.74, 6) is 1.69. The Morgan fingerprint density at radius 2 is 2.30 bits per heavy atom. The SMILES string of the molecule is CCCn1ncnc1CC(NCC)C1CCOC1CC. The van der Waals surface area contributed by atoms with Gasteiger partial charge >= 0.3 is 0 Å². The third-order valence-electron chi connectivity index (χ3n) is 4.18. The summed E-state index contributed by atoms with van der Waals surface area (Å²) < 4.78 is 7.90. The Balaban J connectivity index is 2.06. The molecule has 3 atom stereocenters. The molecule has 0 aliphatic carbocycles. The van der Waals surface area contributed by atoms with E-state index in [1.54, 1.807) is 6.33 Å². The zero-order valence-corrected chi connectivity index (χ0v) is 13.0. The Labute approximate surface area is 122 Å². The molecule has 1 aliphatic rings. The van der Waals surface area contributed by atoms with Gasteiger partial charge in [-0.1, -0.05) is 20.8 Å². The van der Waals surface area contributed by atoms with Crippen LogP contribution < -0.4 is 5.32 Å². The number of likely N-dealkylation sites (N-methyl/N-ethyl adjacent to an activating group) is 1. The quantitative estimate of drug-likeness (QED) is 0.791. The summed E-state index contributed by atoms with van der Waals surface area (Å²) in [7, 11) is 0. The molecule has 1 aromatic rings. The maximum atomic E-state index is 5.86. The van der Waals surface area contributed by atoms with Crippen LogP contribution in [0.15, 0.2) is 6.33 Å². The molecule has 20 heavy (non-hydrogen) atoms. The molecule has 1 aliphatic heterocycles. The summed E-state index contributed by atoms with van der Waals surface area (Å²) in [6.07, 6.45) is 6.34. The van der Waals surface area contributed by atoms with Crippen LogP contribution >= 0.6 is 0 Å². The first-order chi connectivity index (χ1) is 9.80. The fourth-order valence-electron chi connectivity index (χ4n) is 3.22. The number of aromatic nitrogens is 3. The van der Waals surface area contributed by atoms with Crippen molar-refractivity contribution in [1.82, 2.24) is 20.1 Å². The van der Waals surface area contributed by atoms with Gasteiger partial charge in [-0.15, -0.1) is 0 Å². The second kappa shape index (κ2) is 7.74. The minimum absolute atomic E-state index is 0.390. The lowest BCUT2D eigenvalue weighted by molar-refractivity contribution is 0.0773. The molecule has 3 unspecified atom stereocenters. The van der Waals surface area contributed by atoms with E-state index in [2.05, 4.69) is 36.2 Å². The van der Waals surface area contributed by atoms with Crippen LogP contribution in [-0.4, -0.2) is 40.1 Å². The van der Waals surface area contributed by atoms with E-state index in [1.807, 2.05) is 4.68 Å². The number of rotatable bonds is 8. The fourth-order valence-corrected chi connectivity index (χ4v) is 3.22. The van der Waals surface area contributed by atoms with E-state index in [0.29, 0.717) is 18.1 Å². The lowest BCUT2D eigenvalue weighted by Gasteiger charge is -2.27.